The maximum Gasteiger partial charge on any atom is 0.255 e. The zero-order chi connectivity index (χ0) is 26.9. The van der Waals surface area contributed by atoms with Gasteiger partial charge in [0.25, 0.3) is 5.91 Å². The summed E-state index contributed by atoms with van der Waals surface area (Å²) in [6, 6.07) is 24.4. The fourth-order valence-electron chi connectivity index (χ4n) is 4.93. The van der Waals surface area contributed by atoms with E-state index in [1.807, 2.05) is 48.5 Å². The highest BCUT2D eigenvalue weighted by Crippen LogP contribution is 2.34. The van der Waals surface area contributed by atoms with E-state index in [0.717, 1.165) is 29.8 Å². The number of anilines is 2. The second-order valence-corrected chi connectivity index (χ2v) is 9.34. The molecule has 7 heteroatoms. The van der Waals surface area contributed by atoms with Crippen molar-refractivity contribution in [1.29, 1.82) is 0 Å². The average molecular weight is 512 g/mol. The first-order chi connectivity index (χ1) is 18.5. The monoisotopic (exact) mass is 511 g/mol. The third kappa shape index (κ3) is 6.50. The van der Waals surface area contributed by atoms with Crippen molar-refractivity contribution in [2.75, 3.05) is 37.0 Å². The van der Waals surface area contributed by atoms with Crippen LogP contribution in [0.5, 0.6) is 5.75 Å². The van der Waals surface area contributed by atoms with Gasteiger partial charge in [0.05, 0.1) is 7.11 Å². The van der Waals surface area contributed by atoms with Gasteiger partial charge in [0.1, 0.15) is 17.4 Å². The van der Waals surface area contributed by atoms with Gasteiger partial charge in [-0.1, -0.05) is 36.4 Å². The number of methoxy groups -OCH3 is 1. The van der Waals surface area contributed by atoms with Crippen LogP contribution in [0.15, 0.2) is 84.6 Å². The third-order valence-electron chi connectivity index (χ3n) is 7.02. The van der Waals surface area contributed by atoms with Gasteiger partial charge in [-0.2, -0.15) is 0 Å². The Hall–Kier alpha value is -4.35. The fourth-order valence-corrected chi connectivity index (χ4v) is 4.93. The van der Waals surface area contributed by atoms with Crippen LogP contribution in [0.4, 0.5) is 11.4 Å². The van der Waals surface area contributed by atoms with Crippen LogP contribution in [0.3, 0.4) is 0 Å². The zero-order valence-corrected chi connectivity index (χ0v) is 21.9. The molecular weight excluding hydrogens is 478 g/mol. The number of para-hydroxylation sites is 2. The Labute approximate surface area is 223 Å². The molecule has 7 nitrogen and oxygen atoms in total. The molecule has 3 aromatic rings. The molecule has 38 heavy (non-hydrogen) atoms. The van der Waals surface area contributed by atoms with Crippen LogP contribution < -0.4 is 15.0 Å². The minimum Gasteiger partial charge on any atom is -0.497 e. The molecule has 2 amide bonds. The first-order valence-corrected chi connectivity index (χ1v) is 12.9. The summed E-state index contributed by atoms with van der Waals surface area (Å²) in [4.78, 5) is 40.7. The molecule has 1 aliphatic rings. The maximum atomic E-state index is 12.9. The Morgan fingerprint density at radius 1 is 0.974 bits per heavy atom. The molecule has 4 rings (SSSR count). The molecule has 0 aromatic heterocycles. The maximum absolute atomic E-state index is 12.9. The van der Waals surface area contributed by atoms with Crippen molar-refractivity contribution >= 4 is 29.1 Å². The number of piperidine rings is 1. The van der Waals surface area contributed by atoms with E-state index in [1.54, 1.807) is 36.3 Å². The predicted octanol–water partition coefficient (Wildman–Crippen LogP) is 5.29. The largest absolute Gasteiger partial charge is 0.497 e. The molecule has 0 radical (unpaired) electrons. The number of nitrogens with zero attached hydrogens (tertiary/aromatic N) is 2. The summed E-state index contributed by atoms with van der Waals surface area (Å²) >= 11 is 0. The Morgan fingerprint density at radius 2 is 1.63 bits per heavy atom. The van der Waals surface area contributed by atoms with E-state index in [4.69, 9.17) is 4.74 Å². The molecule has 1 N–H and O–H groups in total. The molecule has 0 saturated carbocycles. The van der Waals surface area contributed by atoms with Crippen LogP contribution in [0, 0.1) is 0 Å². The lowest BCUT2D eigenvalue weighted by molar-refractivity contribution is -0.116. The second kappa shape index (κ2) is 12.7. The van der Waals surface area contributed by atoms with Crippen molar-refractivity contribution in [3.63, 3.8) is 0 Å². The number of rotatable bonds is 9. The first-order valence-electron chi connectivity index (χ1n) is 12.9. The lowest BCUT2D eigenvalue weighted by atomic mass is 9.88. The van der Waals surface area contributed by atoms with Crippen LogP contribution in [0.1, 0.15) is 48.0 Å². The van der Waals surface area contributed by atoms with Gasteiger partial charge in [-0.3, -0.25) is 9.59 Å². The average Bonchev–Trinajstić information content (AvgIpc) is 2.96. The third-order valence-corrected chi connectivity index (χ3v) is 7.02. The van der Waals surface area contributed by atoms with E-state index in [2.05, 4.69) is 22.2 Å². The van der Waals surface area contributed by atoms with Gasteiger partial charge >= 0.3 is 0 Å². The van der Waals surface area contributed by atoms with Gasteiger partial charge in [-0.15, -0.1) is 0 Å². The molecule has 1 heterocycles. The highest BCUT2D eigenvalue weighted by Gasteiger charge is 2.25. The molecule has 1 fully saturated rings. The number of likely N-dealkylation sites (tertiary alicyclic amines) is 1. The standard InChI is InChI=1S/C31H33N3O4/c1-23(36)34(26-8-4-3-5-9-26)21-18-27(22-35)33-19-16-24(17-20-33)29-10-6-7-11-30(29)32-31(37)25-12-14-28(38-2)15-13-25/h3-15,24H,16-21H2,1-2H3,(H,32,37). The van der Waals surface area contributed by atoms with Gasteiger partial charge in [-0.25, -0.2) is 4.79 Å². The van der Waals surface area contributed by atoms with E-state index in [9.17, 15) is 14.4 Å². The van der Waals surface area contributed by atoms with Crippen molar-refractivity contribution in [3.05, 3.63) is 95.7 Å². The topological polar surface area (TPSA) is 79.0 Å². The number of carbonyl (C=O) groups is 2. The molecule has 0 spiro atoms. The molecule has 0 atom stereocenters. The number of benzene rings is 3. The van der Waals surface area contributed by atoms with Gasteiger partial charge in [0, 0.05) is 49.9 Å². The van der Waals surface area contributed by atoms with Crippen molar-refractivity contribution in [1.82, 2.24) is 4.90 Å². The summed E-state index contributed by atoms with van der Waals surface area (Å²) in [7, 11) is 1.59. The summed E-state index contributed by atoms with van der Waals surface area (Å²) in [5.74, 6) is 2.85. The number of ether oxygens (including phenoxy) is 1. The zero-order valence-electron chi connectivity index (χ0n) is 21.9. The normalized spacial score (nSPS) is 13.4. The molecule has 0 unspecified atom stereocenters. The van der Waals surface area contributed by atoms with Crippen LogP contribution in [-0.2, 0) is 9.59 Å². The second-order valence-electron chi connectivity index (χ2n) is 9.34. The SMILES string of the molecule is COc1ccc(C(=O)Nc2ccccc2C2CCN(C(=C=O)CCN(C(C)=O)c3ccccc3)CC2)cc1. The van der Waals surface area contributed by atoms with E-state index in [-0.39, 0.29) is 17.7 Å². The molecule has 0 bridgehead atoms. The summed E-state index contributed by atoms with van der Waals surface area (Å²) in [6.07, 6.45) is 2.13. The summed E-state index contributed by atoms with van der Waals surface area (Å²) < 4.78 is 5.18. The predicted molar refractivity (Wildman–Crippen MR) is 149 cm³/mol. The molecule has 196 valence electrons. The van der Waals surface area contributed by atoms with Crippen molar-refractivity contribution in [2.24, 2.45) is 0 Å². The van der Waals surface area contributed by atoms with Crippen molar-refractivity contribution in [3.8, 4) is 5.75 Å². The van der Waals surface area contributed by atoms with Crippen LogP contribution >= 0.6 is 0 Å². The van der Waals surface area contributed by atoms with Crippen molar-refractivity contribution in [2.45, 2.75) is 32.1 Å². The number of hydrogen-bond acceptors (Lipinski definition) is 5. The lowest BCUT2D eigenvalue weighted by Crippen LogP contribution is -2.36. The first kappa shape index (κ1) is 26.7. The van der Waals surface area contributed by atoms with Crippen LogP contribution in [0.2, 0.25) is 0 Å². The van der Waals surface area contributed by atoms with E-state index >= 15 is 0 Å². The summed E-state index contributed by atoms with van der Waals surface area (Å²) in [5.41, 5.74) is 3.87. The fraction of sp³-hybridized carbons (Fsp3) is 0.290. The number of carbonyl (C=O) groups excluding carboxylic acids is 3. The van der Waals surface area contributed by atoms with E-state index in [1.165, 1.54) is 6.92 Å². The van der Waals surface area contributed by atoms with Crippen molar-refractivity contribution < 1.29 is 19.1 Å². The highest BCUT2D eigenvalue weighted by atomic mass is 16.5. The quantitative estimate of drug-likeness (QED) is 0.395. The molecule has 0 aliphatic carbocycles. The van der Waals surface area contributed by atoms with Crippen LogP contribution in [0.25, 0.3) is 0 Å². The number of nitrogens with one attached hydrogen (secondary N) is 1. The minimum absolute atomic E-state index is 0.0616. The Balaban J connectivity index is 1.37. The van der Waals surface area contributed by atoms with E-state index in [0.29, 0.717) is 43.1 Å². The van der Waals surface area contributed by atoms with Gasteiger partial charge in [-0.05, 0) is 66.8 Å². The van der Waals surface area contributed by atoms with Gasteiger partial charge in [0.15, 0.2) is 0 Å². The molecule has 3 aromatic carbocycles. The highest BCUT2D eigenvalue weighted by molar-refractivity contribution is 6.04. The molecular formula is C31H33N3O4. The lowest BCUT2D eigenvalue weighted by Gasteiger charge is -2.35. The van der Waals surface area contributed by atoms with Gasteiger partial charge in [0.2, 0.25) is 5.91 Å². The smallest absolute Gasteiger partial charge is 0.255 e. The van der Waals surface area contributed by atoms with E-state index < -0.39 is 0 Å². The minimum atomic E-state index is -0.169. The Bertz CT molecular complexity index is 1290. The Kier molecular flexibility index (Phi) is 8.96. The number of hydrogen-bond donors (Lipinski definition) is 1. The Morgan fingerprint density at radius 3 is 2.26 bits per heavy atom. The summed E-state index contributed by atoms with van der Waals surface area (Å²) in [5, 5.41) is 3.07. The van der Waals surface area contributed by atoms with Crippen LogP contribution in [-0.4, -0.2) is 49.4 Å². The number of amides is 2. The van der Waals surface area contributed by atoms with Gasteiger partial charge < -0.3 is 19.9 Å². The molecule has 1 saturated heterocycles. The molecule has 1 aliphatic heterocycles. The summed E-state index contributed by atoms with van der Waals surface area (Å²) in [6.45, 7) is 3.38.